The molecule has 4 heteroatoms. The van der Waals surface area contributed by atoms with Gasteiger partial charge in [0, 0.05) is 54.1 Å². The zero-order valence-electron chi connectivity index (χ0n) is 16.2. The summed E-state index contributed by atoms with van der Waals surface area (Å²) in [4.78, 5) is 14.2. The van der Waals surface area contributed by atoms with E-state index in [2.05, 4.69) is 59.1 Å². The Labute approximate surface area is 160 Å². The summed E-state index contributed by atoms with van der Waals surface area (Å²) in [5.41, 5.74) is 4.02. The quantitative estimate of drug-likeness (QED) is 0.450. The van der Waals surface area contributed by atoms with E-state index in [1.807, 2.05) is 31.2 Å². The van der Waals surface area contributed by atoms with Crippen LogP contribution in [0.15, 0.2) is 66.4 Å². The SMILES string of the molecule is CCOC(=O)/C(C)=C/c1cn(CCN(C)c2ccccc2)c2ccccc12. The number of esters is 1. The Kier molecular flexibility index (Phi) is 5.97. The number of nitrogens with zero attached hydrogens (tertiary/aromatic N) is 2. The molecule has 0 aliphatic carbocycles. The van der Waals surface area contributed by atoms with E-state index >= 15 is 0 Å². The van der Waals surface area contributed by atoms with E-state index in [1.54, 1.807) is 6.92 Å². The molecule has 3 rings (SSSR count). The smallest absolute Gasteiger partial charge is 0.333 e. The molecule has 0 aliphatic rings. The molecule has 0 atom stereocenters. The van der Waals surface area contributed by atoms with Gasteiger partial charge in [0.05, 0.1) is 6.61 Å². The lowest BCUT2D eigenvalue weighted by Crippen LogP contribution is -2.22. The Morgan fingerprint density at radius 2 is 1.81 bits per heavy atom. The van der Waals surface area contributed by atoms with Crippen molar-refractivity contribution < 1.29 is 9.53 Å². The molecule has 4 nitrogen and oxygen atoms in total. The Balaban J connectivity index is 1.84. The van der Waals surface area contributed by atoms with E-state index in [1.165, 1.54) is 11.2 Å². The second-order valence-corrected chi connectivity index (χ2v) is 6.60. The number of benzene rings is 2. The average molecular weight is 362 g/mol. The van der Waals surface area contributed by atoms with E-state index in [0.717, 1.165) is 24.0 Å². The van der Waals surface area contributed by atoms with Crippen molar-refractivity contribution in [2.45, 2.75) is 20.4 Å². The minimum Gasteiger partial charge on any atom is -0.463 e. The molecule has 0 amide bonds. The molecule has 0 bridgehead atoms. The number of fused-ring (bicyclic) bond motifs is 1. The molecule has 1 aromatic heterocycles. The van der Waals surface area contributed by atoms with Crippen LogP contribution in [-0.2, 0) is 16.1 Å². The predicted octanol–water partition coefficient (Wildman–Crippen LogP) is 4.74. The van der Waals surface area contributed by atoms with Crippen LogP contribution in [0, 0.1) is 0 Å². The number of carbonyl (C=O) groups is 1. The summed E-state index contributed by atoms with van der Waals surface area (Å²) in [7, 11) is 2.10. The van der Waals surface area contributed by atoms with Gasteiger partial charge in [-0.05, 0) is 38.1 Å². The van der Waals surface area contributed by atoms with Crippen molar-refractivity contribution in [2.75, 3.05) is 25.1 Å². The fourth-order valence-electron chi connectivity index (χ4n) is 3.18. The van der Waals surface area contributed by atoms with Gasteiger partial charge < -0.3 is 14.2 Å². The molecular formula is C23H26N2O2. The van der Waals surface area contributed by atoms with Crippen LogP contribution in [0.2, 0.25) is 0 Å². The van der Waals surface area contributed by atoms with Crippen molar-refractivity contribution in [2.24, 2.45) is 0 Å². The number of hydrogen-bond acceptors (Lipinski definition) is 3. The fraction of sp³-hybridized carbons (Fsp3) is 0.261. The van der Waals surface area contributed by atoms with Crippen LogP contribution in [-0.4, -0.2) is 30.7 Å². The molecule has 140 valence electrons. The van der Waals surface area contributed by atoms with Gasteiger partial charge in [0.15, 0.2) is 0 Å². The first-order chi connectivity index (χ1) is 13.1. The number of ether oxygens (including phenoxy) is 1. The van der Waals surface area contributed by atoms with Gasteiger partial charge >= 0.3 is 5.97 Å². The maximum atomic E-state index is 12.0. The molecule has 0 aliphatic heterocycles. The first kappa shape index (κ1) is 18.8. The third-order valence-corrected chi connectivity index (χ3v) is 4.66. The predicted molar refractivity (Wildman–Crippen MR) is 112 cm³/mol. The highest BCUT2D eigenvalue weighted by Gasteiger charge is 2.10. The second kappa shape index (κ2) is 8.58. The Morgan fingerprint density at radius 3 is 2.56 bits per heavy atom. The maximum absolute atomic E-state index is 12.0. The highest BCUT2D eigenvalue weighted by molar-refractivity contribution is 5.97. The van der Waals surface area contributed by atoms with Crippen molar-refractivity contribution in [3.8, 4) is 0 Å². The van der Waals surface area contributed by atoms with Crippen LogP contribution >= 0.6 is 0 Å². The summed E-state index contributed by atoms with van der Waals surface area (Å²) >= 11 is 0. The van der Waals surface area contributed by atoms with Crippen molar-refractivity contribution in [3.63, 3.8) is 0 Å². The minimum atomic E-state index is -0.266. The average Bonchev–Trinajstić information content (AvgIpc) is 3.04. The van der Waals surface area contributed by atoms with Gasteiger partial charge in [-0.15, -0.1) is 0 Å². The monoisotopic (exact) mass is 362 g/mol. The molecule has 0 saturated heterocycles. The maximum Gasteiger partial charge on any atom is 0.333 e. The number of hydrogen-bond donors (Lipinski definition) is 0. The van der Waals surface area contributed by atoms with Crippen LogP contribution in [0.4, 0.5) is 5.69 Å². The van der Waals surface area contributed by atoms with Crippen LogP contribution in [0.1, 0.15) is 19.4 Å². The summed E-state index contributed by atoms with van der Waals surface area (Å²) in [6.07, 6.45) is 4.03. The van der Waals surface area contributed by atoms with Crippen molar-refractivity contribution in [1.82, 2.24) is 4.57 Å². The summed E-state index contributed by atoms with van der Waals surface area (Å²) in [6.45, 7) is 5.76. The lowest BCUT2D eigenvalue weighted by atomic mass is 10.1. The normalized spacial score (nSPS) is 11.6. The van der Waals surface area contributed by atoms with Gasteiger partial charge in [0.2, 0.25) is 0 Å². The molecule has 3 aromatic rings. The van der Waals surface area contributed by atoms with Gasteiger partial charge in [0.25, 0.3) is 0 Å². The zero-order valence-corrected chi connectivity index (χ0v) is 16.2. The number of para-hydroxylation sites is 2. The van der Waals surface area contributed by atoms with Crippen molar-refractivity contribution in [3.05, 3.63) is 71.9 Å². The molecule has 0 N–H and O–H groups in total. The van der Waals surface area contributed by atoms with Crippen molar-refractivity contribution >= 4 is 28.6 Å². The molecule has 27 heavy (non-hydrogen) atoms. The van der Waals surface area contributed by atoms with Crippen LogP contribution in [0.25, 0.3) is 17.0 Å². The molecule has 0 spiro atoms. The van der Waals surface area contributed by atoms with E-state index in [-0.39, 0.29) is 5.97 Å². The number of likely N-dealkylation sites (N-methyl/N-ethyl adjacent to an activating group) is 1. The molecule has 0 radical (unpaired) electrons. The molecule has 0 unspecified atom stereocenters. The Hall–Kier alpha value is -3.01. The van der Waals surface area contributed by atoms with E-state index < -0.39 is 0 Å². The van der Waals surface area contributed by atoms with Crippen LogP contribution in [0.5, 0.6) is 0 Å². The van der Waals surface area contributed by atoms with Gasteiger partial charge in [-0.3, -0.25) is 0 Å². The molecule has 0 fully saturated rings. The standard InChI is InChI=1S/C23H26N2O2/c1-4-27-23(26)18(2)16-19-17-25(22-13-9-8-12-21(19)22)15-14-24(3)20-10-6-5-7-11-20/h5-13,16-17H,4,14-15H2,1-3H3/b18-16+. The third-order valence-electron chi connectivity index (χ3n) is 4.66. The lowest BCUT2D eigenvalue weighted by molar-refractivity contribution is -0.138. The fourth-order valence-corrected chi connectivity index (χ4v) is 3.18. The van der Waals surface area contributed by atoms with Crippen LogP contribution in [0.3, 0.4) is 0 Å². The summed E-state index contributed by atoms with van der Waals surface area (Å²) < 4.78 is 7.35. The van der Waals surface area contributed by atoms with Gasteiger partial charge in [-0.25, -0.2) is 4.79 Å². The van der Waals surface area contributed by atoms with E-state index in [0.29, 0.717) is 12.2 Å². The lowest BCUT2D eigenvalue weighted by Gasteiger charge is -2.19. The summed E-state index contributed by atoms with van der Waals surface area (Å²) in [5.74, 6) is -0.266. The Bertz CT molecular complexity index is 941. The number of anilines is 1. The van der Waals surface area contributed by atoms with Gasteiger partial charge in [0.1, 0.15) is 0 Å². The number of rotatable bonds is 7. The third kappa shape index (κ3) is 4.40. The number of carbonyl (C=O) groups excluding carboxylic acids is 1. The topological polar surface area (TPSA) is 34.5 Å². The minimum absolute atomic E-state index is 0.266. The highest BCUT2D eigenvalue weighted by atomic mass is 16.5. The van der Waals surface area contributed by atoms with Gasteiger partial charge in [-0.1, -0.05) is 36.4 Å². The largest absolute Gasteiger partial charge is 0.463 e. The van der Waals surface area contributed by atoms with Crippen molar-refractivity contribution in [1.29, 1.82) is 0 Å². The molecule has 2 aromatic carbocycles. The Morgan fingerprint density at radius 1 is 1.11 bits per heavy atom. The molecular weight excluding hydrogens is 336 g/mol. The first-order valence-electron chi connectivity index (χ1n) is 9.29. The summed E-state index contributed by atoms with van der Waals surface area (Å²) in [5, 5.41) is 1.14. The second-order valence-electron chi connectivity index (χ2n) is 6.60. The number of aromatic nitrogens is 1. The van der Waals surface area contributed by atoms with E-state index in [4.69, 9.17) is 4.74 Å². The zero-order chi connectivity index (χ0) is 19.2. The molecule has 1 heterocycles. The first-order valence-corrected chi connectivity index (χ1v) is 9.29. The van der Waals surface area contributed by atoms with Gasteiger partial charge in [-0.2, -0.15) is 0 Å². The highest BCUT2D eigenvalue weighted by Crippen LogP contribution is 2.24. The summed E-state index contributed by atoms with van der Waals surface area (Å²) in [6, 6.07) is 18.7. The van der Waals surface area contributed by atoms with E-state index in [9.17, 15) is 4.79 Å². The van der Waals surface area contributed by atoms with Crippen LogP contribution < -0.4 is 4.90 Å². The molecule has 0 saturated carbocycles.